The van der Waals surface area contributed by atoms with Crippen LogP contribution in [0.15, 0.2) is 47.6 Å². The van der Waals surface area contributed by atoms with E-state index in [0.717, 1.165) is 56.3 Å². The summed E-state index contributed by atoms with van der Waals surface area (Å²) in [4.78, 5) is 15.0. The van der Waals surface area contributed by atoms with Gasteiger partial charge in [-0.05, 0) is 73.8 Å². The van der Waals surface area contributed by atoms with E-state index in [4.69, 9.17) is 11.6 Å². The van der Waals surface area contributed by atoms with Gasteiger partial charge in [-0.25, -0.2) is 0 Å². The smallest absolute Gasteiger partial charge is 0.181 e. The Bertz CT molecular complexity index is 791. The second kappa shape index (κ2) is 10.8. The molecule has 5 atom stereocenters. The van der Waals surface area contributed by atoms with Gasteiger partial charge in [0.1, 0.15) is 6.23 Å². The molecule has 0 radical (unpaired) electrons. The SMILES string of the molecule is CC1=C(C(=O)/C=C/[C@H](C(C)C)C(O)N2CC[C@H](C3C=CC(Cl)CC3)C(C)(C)C2)CCC=C1. The van der Waals surface area contributed by atoms with Crippen LogP contribution >= 0.6 is 11.6 Å². The number of ketones is 1. The molecule has 1 saturated heterocycles. The fourth-order valence-electron chi connectivity index (χ4n) is 5.89. The first kappa shape index (κ1) is 25.5. The van der Waals surface area contributed by atoms with Crippen LogP contribution in [0.25, 0.3) is 0 Å². The minimum absolute atomic E-state index is 0.0714. The van der Waals surface area contributed by atoms with Gasteiger partial charge in [0, 0.05) is 24.6 Å². The van der Waals surface area contributed by atoms with Gasteiger partial charge in [0.25, 0.3) is 0 Å². The summed E-state index contributed by atoms with van der Waals surface area (Å²) in [5.74, 6) is 1.45. The third kappa shape index (κ3) is 6.04. The van der Waals surface area contributed by atoms with Gasteiger partial charge in [-0.15, -0.1) is 11.6 Å². The van der Waals surface area contributed by atoms with Crippen molar-refractivity contribution in [2.45, 2.75) is 78.3 Å². The molecule has 0 aromatic heterocycles. The van der Waals surface area contributed by atoms with E-state index in [9.17, 15) is 9.90 Å². The van der Waals surface area contributed by atoms with Crippen LogP contribution in [-0.4, -0.2) is 40.5 Å². The van der Waals surface area contributed by atoms with Crippen molar-refractivity contribution in [1.82, 2.24) is 4.90 Å². The molecule has 1 heterocycles. The minimum Gasteiger partial charge on any atom is -0.378 e. The highest BCUT2D eigenvalue weighted by molar-refractivity contribution is 6.21. The van der Waals surface area contributed by atoms with Crippen molar-refractivity contribution >= 4 is 17.4 Å². The standard InChI is InChI=1S/C28H42ClNO2/c1-19(2)23(14-15-26(31)24-9-7-6-8-20(24)3)27(32)30-17-16-25(28(4,5)18-30)21-10-12-22(29)13-11-21/h6,8,10,12,14-15,19,21-23,25,27,32H,7,9,11,13,16-18H2,1-5H3/b15-14+/t21?,22?,23-,25-,27?/m1/s1. The molecule has 0 spiro atoms. The maximum absolute atomic E-state index is 12.8. The summed E-state index contributed by atoms with van der Waals surface area (Å²) in [5, 5.41) is 11.5. The van der Waals surface area contributed by atoms with Crippen molar-refractivity contribution in [2.75, 3.05) is 13.1 Å². The number of carbonyl (C=O) groups excluding carboxylic acids is 1. The van der Waals surface area contributed by atoms with Crippen LogP contribution in [0.3, 0.4) is 0 Å². The van der Waals surface area contributed by atoms with Gasteiger partial charge in [-0.3, -0.25) is 9.69 Å². The lowest BCUT2D eigenvalue weighted by Gasteiger charge is -2.50. The average Bonchev–Trinajstić information content (AvgIpc) is 2.74. The van der Waals surface area contributed by atoms with E-state index in [0.29, 0.717) is 11.8 Å². The van der Waals surface area contributed by atoms with E-state index in [2.05, 4.69) is 50.8 Å². The summed E-state index contributed by atoms with van der Waals surface area (Å²) >= 11 is 6.27. The van der Waals surface area contributed by atoms with Crippen molar-refractivity contribution in [2.24, 2.45) is 29.1 Å². The number of hydrogen-bond donors (Lipinski definition) is 1. The summed E-state index contributed by atoms with van der Waals surface area (Å²) in [6.07, 6.45) is 16.8. The highest BCUT2D eigenvalue weighted by Gasteiger charge is 2.42. The Morgan fingerprint density at radius 2 is 2.00 bits per heavy atom. The summed E-state index contributed by atoms with van der Waals surface area (Å²) in [7, 11) is 0. The molecular weight excluding hydrogens is 418 g/mol. The fraction of sp³-hybridized carbons (Fsp3) is 0.679. The van der Waals surface area contributed by atoms with Crippen molar-refractivity contribution in [3.05, 3.63) is 47.6 Å². The maximum Gasteiger partial charge on any atom is 0.181 e. The Balaban J connectivity index is 1.68. The van der Waals surface area contributed by atoms with Crippen molar-refractivity contribution in [1.29, 1.82) is 0 Å². The Morgan fingerprint density at radius 3 is 2.59 bits per heavy atom. The highest BCUT2D eigenvalue weighted by Crippen LogP contribution is 2.44. The van der Waals surface area contributed by atoms with Gasteiger partial charge in [0.05, 0.1) is 5.38 Å². The monoisotopic (exact) mass is 459 g/mol. The van der Waals surface area contributed by atoms with Crippen molar-refractivity contribution in [3.63, 3.8) is 0 Å². The van der Waals surface area contributed by atoms with Gasteiger partial charge in [0.2, 0.25) is 0 Å². The Hall–Kier alpha value is -1.16. The maximum atomic E-state index is 12.8. The number of hydrogen-bond acceptors (Lipinski definition) is 3. The number of nitrogens with zero attached hydrogens (tertiary/aromatic N) is 1. The van der Waals surface area contributed by atoms with E-state index >= 15 is 0 Å². The van der Waals surface area contributed by atoms with Gasteiger partial charge in [0.15, 0.2) is 5.78 Å². The Labute approximate surface area is 200 Å². The molecule has 4 heteroatoms. The number of alkyl halides is 1. The first-order valence-corrected chi connectivity index (χ1v) is 12.9. The predicted octanol–water partition coefficient (Wildman–Crippen LogP) is 6.29. The molecule has 3 nitrogen and oxygen atoms in total. The molecular formula is C28H42ClNO2. The zero-order valence-corrected chi connectivity index (χ0v) is 21.3. The number of halogens is 1. The zero-order chi connectivity index (χ0) is 23.5. The fourth-order valence-corrected chi connectivity index (χ4v) is 6.10. The lowest BCUT2D eigenvalue weighted by molar-refractivity contribution is -0.111. The lowest BCUT2D eigenvalue weighted by Crippen LogP contribution is -2.53. The predicted molar refractivity (Wildman–Crippen MR) is 135 cm³/mol. The topological polar surface area (TPSA) is 40.5 Å². The molecule has 0 aromatic carbocycles. The van der Waals surface area contributed by atoms with E-state index in [1.54, 1.807) is 6.08 Å². The molecule has 32 heavy (non-hydrogen) atoms. The molecule has 3 rings (SSSR count). The molecule has 0 aromatic rings. The number of allylic oxidation sites excluding steroid dienone is 7. The normalized spacial score (nSPS) is 30.8. The zero-order valence-electron chi connectivity index (χ0n) is 20.6. The number of carbonyl (C=O) groups is 1. The van der Waals surface area contributed by atoms with Crippen LogP contribution in [0.4, 0.5) is 0 Å². The molecule has 1 N–H and O–H groups in total. The minimum atomic E-state index is -0.574. The summed E-state index contributed by atoms with van der Waals surface area (Å²) in [6, 6.07) is 0. The quantitative estimate of drug-likeness (QED) is 0.276. The Morgan fingerprint density at radius 1 is 1.25 bits per heavy atom. The van der Waals surface area contributed by atoms with E-state index in [1.165, 1.54) is 0 Å². The molecule has 3 aliphatic rings. The largest absolute Gasteiger partial charge is 0.378 e. The van der Waals surface area contributed by atoms with Crippen LogP contribution in [-0.2, 0) is 4.79 Å². The second-order valence-electron chi connectivity index (χ2n) is 11.1. The molecule has 0 saturated carbocycles. The van der Waals surface area contributed by atoms with Crippen LogP contribution < -0.4 is 0 Å². The van der Waals surface area contributed by atoms with Crippen LogP contribution in [0, 0.1) is 29.1 Å². The summed E-state index contributed by atoms with van der Waals surface area (Å²) in [5.41, 5.74) is 2.08. The van der Waals surface area contributed by atoms with E-state index in [-0.39, 0.29) is 28.4 Å². The highest BCUT2D eigenvalue weighted by atomic mass is 35.5. The third-order valence-corrected chi connectivity index (χ3v) is 8.23. The van der Waals surface area contributed by atoms with Crippen LogP contribution in [0.2, 0.25) is 0 Å². The number of rotatable bonds is 7. The molecule has 0 bridgehead atoms. The van der Waals surface area contributed by atoms with Gasteiger partial charge in [-0.1, -0.05) is 58.1 Å². The number of piperidine rings is 1. The van der Waals surface area contributed by atoms with E-state index in [1.807, 2.05) is 19.1 Å². The molecule has 0 amide bonds. The average molecular weight is 460 g/mol. The molecule has 178 valence electrons. The number of aliphatic hydroxyl groups is 1. The molecule has 1 aliphatic heterocycles. The van der Waals surface area contributed by atoms with Crippen molar-refractivity contribution < 1.29 is 9.90 Å². The summed E-state index contributed by atoms with van der Waals surface area (Å²) < 4.78 is 0. The number of aliphatic hydroxyl groups excluding tert-OH is 1. The molecule has 1 fully saturated rings. The Kier molecular flexibility index (Phi) is 8.63. The second-order valence-corrected chi connectivity index (χ2v) is 11.6. The number of likely N-dealkylation sites (tertiary alicyclic amines) is 1. The molecule has 2 aliphatic carbocycles. The van der Waals surface area contributed by atoms with Gasteiger partial charge >= 0.3 is 0 Å². The van der Waals surface area contributed by atoms with Crippen molar-refractivity contribution in [3.8, 4) is 0 Å². The van der Waals surface area contributed by atoms with Crippen LogP contribution in [0.5, 0.6) is 0 Å². The summed E-state index contributed by atoms with van der Waals surface area (Å²) in [6.45, 7) is 12.7. The van der Waals surface area contributed by atoms with Gasteiger partial charge in [-0.2, -0.15) is 0 Å². The van der Waals surface area contributed by atoms with Crippen LogP contribution in [0.1, 0.15) is 66.7 Å². The third-order valence-electron chi connectivity index (χ3n) is 7.86. The lowest BCUT2D eigenvalue weighted by atomic mass is 9.65. The first-order valence-electron chi connectivity index (χ1n) is 12.4. The van der Waals surface area contributed by atoms with E-state index < -0.39 is 6.23 Å². The van der Waals surface area contributed by atoms with Gasteiger partial charge < -0.3 is 5.11 Å². The molecule has 3 unspecified atom stereocenters. The first-order chi connectivity index (χ1) is 15.1.